The molecule has 0 saturated carbocycles. The molecule has 0 nitrogen and oxygen atoms in total. The van der Waals surface area contributed by atoms with Gasteiger partial charge in [0.15, 0.2) is 0 Å². The molecule has 0 aromatic heterocycles. The van der Waals surface area contributed by atoms with Crippen LogP contribution in [0.15, 0.2) is 0 Å². The summed E-state index contributed by atoms with van der Waals surface area (Å²) in [6, 6.07) is 0. The van der Waals surface area contributed by atoms with Gasteiger partial charge < -0.3 is 0 Å². The summed E-state index contributed by atoms with van der Waals surface area (Å²) in [4.78, 5) is 0. The van der Waals surface area contributed by atoms with Crippen molar-refractivity contribution in [1.29, 1.82) is 0 Å². The van der Waals surface area contributed by atoms with Crippen LogP contribution in [0.1, 0.15) is 19.8 Å². The molecule has 0 aliphatic rings. The van der Waals surface area contributed by atoms with Gasteiger partial charge in [0.25, 0.3) is 0 Å². The van der Waals surface area contributed by atoms with Crippen molar-refractivity contribution >= 4 is 37.3 Å². The van der Waals surface area contributed by atoms with E-state index in [0.717, 1.165) is 0 Å². The number of hydrogen-bond donors (Lipinski definition) is 0. The molecule has 0 heterocycles. The molecule has 0 fully saturated rings. The zero-order valence-electron chi connectivity index (χ0n) is 5.24. The van der Waals surface area contributed by atoms with Crippen molar-refractivity contribution in [2.75, 3.05) is 0 Å². The molecule has 2 heteroatoms. The molecule has 42 valence electrons. The molecular weight excluding hydrogens is 164 g/mol. The van der Waals surface area contributed by atoms with Gasteiger partial charge in [0.2, 0.25) is 0 Å². The largest absolute Gasteiger partial charge is 0.360 e. The van der Waals surface area contributed by atoms with Gasteiger partial charge >= 0.3 is 20.4 Å². The fourth-order valence-electron chi connectivity index (χ4n) is 0.500. The molecule has 0 bridgehead atoms. The van der Waals surface area contributed by atoms with Crippen molar-refractivity contribution in [3.8, 4) is 0 Å². The molecule has 0 atom stereocenters. The van der Waals surface area contributed by atoms with Gasteiger partial charge in [0, 0.05) is 0 Å². The van der Waals surface area contributed by atoms with E-state index in [1.54, 1.807) is 4.55 Å². The third-order valence-electron chi connectivity index (χ3n) is 0.957. The van der Waals surface area contributed by atoms with Crippen molar-refractivity contribution in [3.05, 3.63) is 0 Å². The Bertz CT molecular complexity index is 20.0. The fourth-order valence-corrected chi connectivity index (χ4v) is 1.50. The van der Waals surface area contributed by atoms with Gasteiger partial charge in [-0.2, -0.15) is 5.05 Å². The first kappa shape index (κ1) is 11.1. The highest BCUT2D eigenvalue weighted by Crippen LogP contribution is 1.90. The summed E-state index contributed by atoms with van der Waals surface area (Å²) in [5.41, 5.74) is 0. The minimum Gasteiger partial charge on any atom is -0.157 e. The van der Waals surface area contributed by atoms with E-state index < -0.39 is 0 Å². The van der Waals surface area contributed by atoms with Gasteiger partial charge in [-0.3, -0.25) is 0 Å². The Kier molecular flexibility index (Phi) is 16.3. The third kappa shape index (κ3) is 11.1. The predicted molar refractivity (Wildman–Crippen MR) is 41.7 cm³/mol. The van der Waals surface area contributed by atoms with Crippen LogP contribution in [0.25, 0.3) is 0 Å². The van der Waals surface area contributed by atoms with E-state index in [-0.39, 0.29) is 17.0 Å². The number of halogens is 1. The van der Waals surface area contributed by atoms with Crippen LogP contribution >= 0.6 is 17.0 Å². The molecular formula is C5H13BrMg. The van der Waals surface area contributed by atoms with Crippen LogP contribution in [0.5, 0.6) is 0 Å². The van der Waals surface area contributed by atoms with Crippen LogP contribution in [0.3, 0.4) is 0 Å². The van der Waals surface area contributed by atoms with Crippen LogP contribution in [0.4, 0.5) is 0 Å². The third-order valence-corrected chi connectivity index (χ3v) is 2.16. The monoisotopic (exact) mass is 176 g/mol. The van der Waals surface area contributed by atoms with E-state index in [4.69, 9.17) is 0 Å². The molecule has 0 aromatic carbocycles. The van der Waals surface area contributed by atoms with Gasteiger partial charge in [-0.05, 0) is 0 Å². The van der Waals surface area contributed by atoms with Gasteiger partial charge in [0.05, 0.1) is 0 Å². The molecule has 0 amide bonds. The van der Waals surface area contributed by atoms with Gasteiger partial charge in [-0.1, -0.05) is 19.8 Å². The number of hydrogen-bond acceptors (Lipinski definition) is 0. The van der Waals surface area contributed by atoms with Crippen LogP contribution < -0.4 is 0 Å². The van der Waals surface area contributed by atoms with Crippen molar-refractivity contribution in [2.45, 2.75) is 29.4 Å². The summed E-state index contributed by atoms with van der Waals surface area (Å²) in [6.07, 6.45) is 2.86. The van der Waals surface area contributed by atoms with Crippen molar-refractivity contribution in [2.24, 2.45) is 0 Å². The molecule has 0 radical (unpaired) electrons. The summed E-state index contributed by atoms with van der Waals surface area (Å²) in [7, 11) is 0. The fraction of sp³-hybridized carbons (Fsp3) is 1.00. The first-order valence-corrected chi connectivity index (χ1v) is 5.33. The van der Waals surface area contributed by atoms with E-state index in [2.05, 4.69) is 12.0 Å². The Labute approximate surface area is 66.6 Å². The lowest BCUT2D eigenvalue weighted by Crippen LogP contribution is -1.76. The zero-order chi connectivity index (χ0) is 4.83. The molecule has 0 aliphatic carbocycles. The predicted octanol–water partition coefficient (Wildman–Crippen LogP) is 2.54. The summed E-state index contributed by atoms with van der Waals surface area (Å²) in [5, 5.41) is 2.37. The molecule has 0 spiro atoms. The van der Waals surface area contributed by atoms with Crippen LogP contribution in [-0.4, -0.2) is 20.4 Å². The molecule has 0 unspecified atom stereocenters. The van der Waals surface area contributed by atoms with Gasteiger partial charge in [0.1, 0.15) is 0 Å². The lowest BCUT2D eigenvalue weighted by molar-refractivity contribution is 0.880. The van der Waals surface area contributed by atoms with Crippen LogP contribution in [-0.2, 0) is 0 Å². The van der Waals surface area contributed by atoms with E-state index in [0.29, 0.717) is 20.4 Å². The van der Waals surface area contributed by atoms with Crippen molar-refractivity contribution in [3.63, 3.8) is 0 Å². The second kappa shape index (κ2) is 10.3. The normalized spacial score (nSPS) is 6.57. The number of rotatable bonds is 3. The summed E-state index contributed by atoms with van der Waals surface area (Å²) >= 11 is 0.403. The maximum atomic E-state index is 2.37. The topological polar surface area (TPSA) is 0 Å². The quantitative estimate of drug-likeness (QED) is 0.459. The minimum absolute atomic E-state index is 0. The van der Waals surface area contributed by atoms with Crippen molar-refractivity contribution in [1.82, 2.24) is 0 Å². The smallest absolute Gasteiger partial charge is 0.157 e. The second-order valence-electron chi connectivity index (χ2n) is 1.71. The highest BCUT2D eigenvalue weighted by Gasteiger charge is 1.81. The maximum Gasteiger partial charge on any atom is 0.360 e. The first-order valence-electron chi connectivity index (χ1n) is 2.91. The minimum atomic E-state index is 0. The first-order chi connectivity index (χ1) is 2.91. The highest BCUT2D eigenvalue weighted by atomic mass is 79.9. The lowest BCUT2D eigenvalue weighted by Gasteiger charge is -1.84. The second-order valence-corrected chi connectivity index (χ2v) is 3.41. The lowest BCUT2D eigenvalue weighted by atomic mass is 10.4. The Morgan fingerprint density at radius 2 is 2.00 bits per heavy atom. The molecule has 0 aliphatic heterocycles. The van der Waals surface area contributed by atoms with Gasteiger partial charge in [-0.25, -0.2) is 0 Å². The SMILES string of the molecule is Br.CCC[CH2][Mg][CH3]. The Hall–Kier alpha value is 1.25. The van der Waals surface area contributed by atoms with E-state index in [1.807, 2.05) is 0 Å². The highest BCUT2D eigenvalue weighted by molar-refractivity contribution is 8.93. The van der Waals surface area contributed by atoms with E-state index in [1.165, 1.54) is 12.8 Å². The molecule has 0 rings (SSSR count). The zero-order valence-corrected chi connectivity index (χ0v) is 8.36. The van der Waals surface area contributed by atoms with Crippen molar-refractivity contribution < 1.29 is 0 Å². The Morgan fingerprint density at radius 1 is 1.43 bits per heavy atom. The average Bonchev–Trinajstić information content (AvgIpc) is 1.61. The molecule has 0 N–H and O–H groups in total. The van der Waals surface area contributed by atoms with Gasteiger partial charge in [-0.15, -0.1) is 21.5 Å². The Balaban J connectivity index is 0. The van der Waals surface area contributed by atoms with Crippen LogP contribution in [0, 0.1) is 0 Å². The standard InChI is InChI=1S/C4H9.CH3.BrH.Mg/c1-3-4-2;;;/h1,3-4H2,2H3;1H3;1H;. The molecule has 0 saturated heterocycles. The summed E-state index contributed by atoms with van der Waals surface area (Å²) < 4.78 is 1.55. The van der Waals surface area contributed by atoms with E-state index >= 15 is 0 Å². The molecule has 7 heavy (non-hydrogen) atoms. The van der Waals surface area contributed by atoms with Crippen LogP contribution in [0.2, 0.25) is 9.60 Å². The maximum absolute atomic E-state index is 2.37. The Morgan fingerprint density at radius 3 is 2.14 bits per heavy atom. The average molecular weight is 177 g/mol. The number of unbranched alkanes of at least 4 members (excludes halogenated alkanes) is 1. The summed E-state index contributed by atoms with van der Waals surface area (Å²) in [6.45, 7) is 2.25. The summed E-state index contributed by atoms with van der Waals surface area (Å²) in [5.74, 6) is 0. The molecule has 0 aromatic rings. The van der Waals surface area contributed by atoms with E-state index in [9.17, 15) is 0 Å².